The zero-order valence-corrected chi connectivity index (χ0v) is 6.76. The average Bonchev–Trinajstić information content (AvgIpc) is 1.98. The van der Waals surface area contributed by atoms with Gasteiger partial charge in [0.05, 0.1) is 12.7 Å². The highest BCUT2D eigenvalue weighted by molar-refractivity contribution is 6.29. The molecule has 0 spiro atoms. The fourth-order valence-electron chi connectivity index (χ4n) is 0.430. The Kier molecular flexibility index (Phi) is 4.14. The minimum absolute atomic E-state index is 0.0106. The van der Waals surface area contributed by atoms with Crippen molar-refractivity contribution in [2.45, 2.75) is 0 Å². The van der Waals surface area contributed by atoms with Gasteiger partial charge >= 0.3 is 0 Å². The number of aldehydes is 1. The molecule has 0 saturated carbocycles. The van der Waals surface area contributed by atoms with Gasteiger partial charge in [0.1, 0.15) is 5.16 Å². The van der Waals surface area contributed by atoms with Gasteiger partial charge in [0.15, 0.2) is 12.2 Å². The number of halogens is 1. The van der Waals surface area contributed by atoms with E-state index in [0.29, 0.717) is 6.29 Å². The number of carbonyl (C=O) groups excluding carboxylic acids is 1. The molecule has 0 saturated heterocycles. The number of rotatable bonds is 3. The first-order valence-electron chi connectivity index (χ1n) is 2.73. The molecule has 0 fully saturated rings. The average molecular weight is 177 g/mol. The number of hydrogen-bond donors (Lipinski definition) is 2. The first-order chi connectivity index (χ1) is 5.11. The second-order valence-corrected chi connectivity index (χ2v) is 2.11. The number of allylic oxidation sites excluding steroid dienone is 2. The van der Waals surface area contributed by atoms with E-state index in [-0.39, 0.29) is 16.6 Å². The van der Waals surface area contributed by atoms with E-state index in [9.17, 15) is 4.79 Å². The molecule has 5 heteroatoms. The van der Waals surface area contributed by atoms with Gasteiger partial charge < -0.3 is 16.2 Å². The molecule has 0 aliphatic rings. The first-order valence-corrected chi connectivity index (χ1v) is 3.11. The van der Waals surface area contributed by atoms with Gasteiger partial charge in [-0.05, 0) is 6.08 Å². The molecule has 4 nitrogen and oxygen atoms in total. The van der Waals surface area contributed by atoms with E-state index in [2.05, 4.69) is 4.74 Å². The van der Waals surface area contributed by atoms with Crippen LogP contribution in [0.15, 0.2) is 22.7 Å². The Labute approximate surface area is 69.4 Å². The highest BCUT2D eigenvalue weighted by Crippen LogP contribution is 2.02. The highest BCUT2D eigenvalue weighted by Gasteiger charge is 1.98. The largest absolute Gasteiger partial charge is 0.482 e. The second-order valence-electron chi connectivity index (χ2n) is 1.67. The van der Waals surface area contributed by atoms with E-state index in [1.165, 1.54) is 13.2 Å². The van der Waals surface area contributed by atoms with Gasteiger partial charge in [-0.2, -0.15) is 0 Å². The molecule has 0 bridgehead atoms. The van der Waals surface area contributed by atoms with E-state index >= 15 is 0 Å². The van der Waals surface area contributed by atoms with Gasteiger partial charge in [-0.15, -0.1) is 0 Å². The third-order valence-electron chi connectivity index (χ3n) is 0.925. The molecule has 0 aliphatic carbocycles. The Morgan fingerprint density at radius 2 is 2.09 bits per heavy atom. The highest BCUT2D eigenvalue weighted by atomic mass is 35.5. The lowest BCUT2D eigenvalue weighted by atomic mass is 10.3. The molecular weight excluding hydrogens is 168 g/mol. The first kappa shape index (κ1) is 9.84. The summed E-state index contributed by atoms with van der Waals surface area (Å²) in [5.41, 5.74) is 10.5. The SMILES string of the molecule is CO/C(N)=C(C=O)/C=C(\N)Cl. The molecule has 62 valence electrons. The smallest absolute Gasteiger partial charge is 0.194 e. The Hall–Kier alpha value is -1.16. The van der Waals surface area contributed by atoms with Gasteiger partial charge in [-0.25, -0.2) is 0 Å². The predicted octanol–water partition coefficient (Wildman–Crippen LogP) is 0.0409. The summed E-state index contributed by atoms with van der Waals surface area (Å²) in [6.07, 6.45) is 1.72. The van der Waals surface area contributed by atoms with Crippen LogP contribution in [-0.2, 0) is 9.53 Å². The van der Waals surface area contributed by atoms with Crippen molar-refractivity contribution < 1.29 is 9.53 Å². The van der Waals surface area contributed by atoms with E-state index in [1.54, 1.807) is 0 Å². The lowest BCUT2D eigenvalue weighted by Crippen LogP contribution is -2.05. The summed E-state index contributed by atoms with van der Waals surface area (Å²) in [5.74, 6) is -0.0106. The number of ether oxygens (including phenoxy) is 1. The topological polar surface area (TPSA) is 78.3 Å². The lowest BCUT2D eigenvalue weighted by molar-refractivity contribution is -0.104. The fraction of sp³-hybridized carbons (Fsp3) is 0.167. The summed E-state index contributed by atoms with van der Waals surface area (Å²) in [6.45, 7) is 0. The van der Waals surface area contributed by atoms with Gasteiger partial charge in [0.25, 0.3) is 0 Å². The lowest BCUT2D eigenvalue weighted by Gasteiger charge is -1.99. The van der Waals surface area contributed by atoms with Crippen LogP contribution in [0.5, 0.6) is 0 Å². The summed E-state index contributed by atoms with van der Waals surface area (Å²) in [4.78, 5) is 10.3. The van der Waals surface area contributed by atoms with Crippen LogP contribution in [0, 0.1) is 0 Å². The van der Waals surface area contributed by atoms with Crippen molar-refractivity contribution >= 4 is 17.9 Å². The fourth-order valence-corrected chi connectivity index (χ4v) is 0.547. The minimum atomic E-state index is -0.0212. The molecule has 0 aromatic rings. The summed E-state index contributed by atoms with van der Waals surface area (Å²) >= 11 is 5.29. The van der Waals surface area contributed by atoms with E-state index in [1.807, 2.05) is 0 Å². The van der Waals surface area contributed by atoms with Crippen LogP contribution in [0.4, 0.5) is 0 Å². The van der Waals surface area contributed by atoms with Gasteiger partial charge in [0, 0.05) is 0 Å². The molecule has 0 aromatic carbocycles. The van der Waals surface area contributed by atoms with E-state index < -0.39 is 0 Å². The molecule has 0 aromatic heterocycles. The van der Waals surface area contributed by atoms with Crippen molar-refractivity contribution in [2.24, 2.45) is 11.5 Å². The molecule has 4 N–H and O–H groups in total. The molecule has 0 amide bonds. The molecule has 0 aliphatic heterocycles. The van der Waals surface area contributed by atoms with Gasteiger partial charge in [0.2, 0.25) is 0 Å². The number of hydrogen-bond acceptors (Lipinski definition) is 4. The van der Waals surface area contributed by atoms with Crippen LogP contribution >= 0.6 is 11.6 Å². The van der Waals surface area contributed by atoms with Crippen molar-refractivity contribution in [1.29, 1.82) is 0 Å². The second kappa shape index (κ2) is 4.62. The van der Waals surface area contributed by atoms with Crippen molar-refractivity contribution in [1.82, 2.24) is 0 Å². The quantitative estimate of drug-likeness (QED) is 0.209. The standard InChI is InChI=1S/C6H9ClN2O2/c1-11-6(9)4(3-10)2-5(7)8/h2-3H,8-9H2,1H3/b5-2-,6-4-. The molecule has 0 atom stereocenters. The molecule has 11 heavy (non-hydrogen) atoms. The summed E-state index contributed by atoms with van der Waals surface area (Å²) < 4.78 is 4.57. The third kappa shape index (κ3) is 3.52. The van der Waals surface area contributed by atoms with Crippen molar-refractivity contribution in [3.8, 4) is 0 Å². The maximum Gasteiger partial charge on any atom is 0.194 e. The molecule has 0 rings (SSSR count). The molecule has 0 radical (unpaired) electrons. The zero-order valence-electron chi connectivity index (χ0n) is 6.00. The summed E-state index contributed by atoms with van der Waals surface area (Å²) in [6, 6.07) is 0. The molecule has 0 heterocycles. The Morgan fingerprint density at radius 1 is 1.55 bits per heavy atom. The monoisotopic (exact) mass is 176 g/mol. The van der Waals surface area contributed by atoms with Crippen molar-refractivity contribution in [3.05, 3.63) is 22.7 Å². The summed E-state index contributed by atoms with van der Waals surface area (Å²) in [5, 5.41) is -0.0212. The molecular formula is C6H9ClN2O2. The van der Waals surface area contributed by atoms with Crippen LogP contribution < -0.4 is 11.5 Å². The Morgan fingerprint density at radius 3 is 2.36 bits per heavy atom. The summed E-state index contributed by atoms with van der Waals surface area (Å²) in [7, 11) is 1.34. The number of nitrogens with two attached hydrogens (primary N) is 2. The maximum absolute atomic E-state index is 10.3. The van der Waals surface area contributed by atoms with Crippen molar-refractivity contribution in [3.63, 3.8) is 0 Å². The van der Waals surface area contributed by atoms with Crippen LogP contribution in [0.1, 0.15) is 0 Å². The van der Waals surface area contributed by atoms with Crippen LogP contribution in [0.2, 0.25) is 0 Å². The van der Waals surface area contributed by atoms with E-state index in [4.69, 9.17) is 23.1 Å². The zero-order chi connectivity index (χ0) is 8.85. The number of carbonyl (C=O) groups is 1. The Balaban J connectivity index is 4.66. The number of methoxy groups -OCH3 is 1. The van der Waals surface area contributed by atoms with Gasteiger partial charge in [-0.3, -0.25) is 4.79 Å². The normalized spacial score (nSPS) is 13.8. The minimum Gasteiger partial charge on any atom is -0.482 e. The van der Waals surface area contributed by atoms with Crippen LogP contribution in [0.25, 0.3) is 0 Å². The van der Waals surface area contributed by atoms with Crippen LogP contribution in [0.3, 0.4) is 0 Å². The Bertz CT molecular complexity index is 207. The maximum atomic E-state index is 10.3. The van der Waals surface area contributed by atoms with E-state index in [0.717, 1.165) is 0 Å². The van der Waals surface area contributed by atoms with Gasteiger partial charge in [-0.1, -0.05) is 11.6 Å². The molecule has 0 unspecified atom stereocenters. The third-order valence-corrected chi connectivity index (χ3v) is 1.03. The van der Waals surface area contributed by atoms with Crippen LogP contribution in [-0.4, -0.2) is 13.4 Å². The van der Waals surface area contributed by atoms with Crippen molar-refractivity contribution in [2.75, 3.05) is 7.11 Å². The predicted molar refractivity (Wildman–Crippen MR) is 42.4 cm³/mol.